The van der Waals surface area contributed by atoms with Crippen LogP contribution in [0.3, 0.4) is 0 Å². The molecule has 0 atom stereocenters. The Morgan fingerprint density at radius 2 is 1.76 bits per heavy atom. The number of anilines is 1. The van der Waals surface area contributed by atoms with Gasteiger partial charge in [0.25, 0.3) is 0 Å². The minimum absolute atomic E-state index is 0.693. The van der Waals surface area contributed by atoms with Gasteiger partial charge in [0.05, 0.1) is 0 Å². The van der Waals surface area contributed by atoms with Crippen molar-refractivity contribution < 1.29 is 0 Å². The van der Waals surface area contributed by atoms with E-state index >= 15 is 0 Å². The highest BCUT2D eigenvalue weighted by Gasteiger charge is 2.04. The molecule has 0 aliphatic rings. The number of aliphatic imine (C=N–C) groups is 1. The first-order valence-corrected chi connectivity index (χ1v) is 8.86. The first-order chi connectivity index (χ1) is 12.2. The predicted molar refractivity (Wildman–Crippen MR) is 106 cm³/mol. The van der Waals surface area contributed by atoms with Crippen molar-refractivity contribution in [2.24, 2.45) is 4.99 Å². The lowest BCUT2D eigenvalue weighted by Crippen LogP contribution is -2.36. The van der Waals surface area contributed by atoms with Gasteiger partial charge < -0.3 is 15.5 Å². The highest BCUT2D eigenvalue weighted by molar-refractivity contribution is 5.79. The topological polar surface area (TPSA) is 52.5 Å². The van der Waals surface area contributed by atoms with E-state index in [1.165, 1.54) is 11.1 Å². The molecule has 0 aliphatic carbocycles. The van der Waals surface area contributed by atoms with Crippen LogP contribution in [0.5, 0.6) is 0 Å². The van der Waals surface area contributed by atoms with Gasteiger partial charge in [-0.05, 0) is 43.5 Å². The Kier molecular flexibility index (Phi) is 7.26. The summed E-state index contributed by atoms with van der Waals surface area (Å²) in [7, 11) is 1.79. The van der Waals surface area contributed by atoms with E-state index in [2.05, 4.69) is 82.7 Å². The zero-order valence-corrected chi connectivity index (χ0v) is 15.7. The molecular formula is C20H29N5. The Morgan fingerprint density at radius 1 is 1.04 bits per heavy atom. The van der Waals surface area contributed by atoms with Gasteiger partial charge in [-0.15, -0.1) is 0 Å². The number of hydrogen-bond acceptors (Lipinski definition) is 3. The number of aromatic nitrogens is 1. The van der Waals surface area contributed by atoms with Gasteiger partial charge >= 0.3 is 0 Å². The van der Waals surface area contributed by atoms with Gasteiger partial charge in [0.1, 0.15) is 5.82 Å². The molecule has 1 aromatic heterocycles. The number of benzene rings is 1. The summed E-state index contributed by atoms with van der Waals surface area (Å²) in [6.45, 7) is 9.80. The van der Waals surface area contributed by atoms with Gasteiger partial charge in [-0.2, -0.15) is 0 Å². The quantitative estimate of drug-likeness (QED) is 0.601. The number of aryl methyl sites for hydroxylation is 1. The van der Waals surface area contributed by atoms with Crippen molar-refractivity contribution in [3.63, 3.8) is 0 Å². The number of rotatable bonds is 7. The minimum Gasteiger partial charge on any atom is -0.357 e. The molecule has 0 amide bonds. The summed E-state index contributed by atoms with van der Waals surface area (Å²) in [6, 6.07) is 12.6. The van der Waals surface area contributed by atoms with E-state index in [-0.39, 0.29) is 0 Å². The Bertz CT molecular complexity index is 675. The van der Waals surface area contributed by atoms with Crippen LogP contribution in [-0.2, 0) is 13.1 Å². The first-order valence-electron chi connectivity index (χ1n) is 8.86. The Morgan fingerprint density at radius 3 is 2.36 bits per heavy atom. The molecule has 0 radical (unpaired) electrons. The van der Waals surface area contributed by atoms with E-state index in [0.29, 0.717) is 6.54 Å². The molecule has 0 unspecified atom stereocenters. The smallest absolute Gasteiger partial charge is 0.191 e. The highest BCUT2D eigenvalue weighted by atomic mass is 15.2. The SMILES string of the molecule is CCN(CC)c1ccc(CNC(=NC)NCc2ccccc2C)cn1. The Labute approximate surface area is 151 Å². The third-order valence-electron chi connectivity index (χ3n) is 4.29. The van der Waals surface area contributed by atoms with Gasteiger partial charge in [-0.3, -0.25) is 4.99 Å². The second-order valence-electron chi connectivity index (χ2n) is 5.90. The molecule has 1 aromatic carbocycles. The second kappa shape index (κ2) is 9.67. The Balaban J connectivity index is 1.87. The van der Waals surface area contributed by atoms with Crippen LogP contribution in [0.4, 0.5) is 5.82 Å². The summed E-state index contributed by atoms with van der Waals surface area (Å²) >= 11 is 0. The largest absolute Gasteiger partial charge is 0.357 e. The molecule has 0 saturated heterocycles. The summed E-state index contributed by atoms with van der Waals surface area (Å²) < 4.78 is 0. The van der Waals surface area contributed by atoms with Crippen molar-refractivity contribution in [3.05, 3.63) is 59.3 Å². The molecule has 0 aliphatic heterocycles. The van der Waals surface area contributed by atoms with Crippen LogP contribution in [0.25, 0.3) is 0 Å². The molecule has 1 heterocycles. The van der Waals surface area contributed by atoms with Crippen molar-refractivity contribution in [2.75, 3.05) is 25.0 Å². The van der Waals surface area contributed by atoms with Crippen molar-refractivity contribution in [2.45, 2.75) is 33.9 Å². The average molecular weight is 339 g/mol. The third-order valence-corrected chi connectivity index (χ3v) is 4.29. The number of nitrogens with one attached hydrogen (secondary N) is 2. The van der Waals surface area contributed by atoms with Gasteiger partial charge in [0.2, 0.25) is 0 Å². The second-order valence-corrected chi connectivity index (χ2v) is 5.90. The predicted octanol–water partition coefficient (Wildman–Crippen LogP) is 3.10. The highest BCUT2D eigenvalue weighted by Crippen LogP contribution is 2.10. The van der Waals surface area contributed by atoms with Gasteiger partial charge in [-0.25, -0.2) is 4.98 Å². The molecule has 0 saturated carbocycles. The van der Waals surface area contributed by atoms with Crippen LogP contribution in [0.1, 0.15) is 30.5 Å². The average Bonchev–Trinajstić information content (AvgIpc) is 2.65. The summed E-state index contributed by atoms with van der Waals surface area (Å²) in [4.78, 5) is 11.1. The molecule has 0 spiro atoms. The lowest BCUT2D eigenvalue weighted by atomic mass is 10.1. The lowest BCUT2D eigenvalue weighted by Gasteiger charge is -2.19. The molecule has 0 fully saturated rings. The van der Waals surface area contributed by atoms with E-state index < -0.39 is 0 Å². The fourth-order valence-electron chi connectivity index (χ4n) is 2.65. The zero-order valence-electron chi connectivity index (χ0n) is 15.7. The fraction of sp³-hybridized carbons (Fsp3) is 0.400. The van der Waals surface area contributed by atoms with Crippen molar-refractivity contribution in [1.82, 2.24) is 15.6 Å². The maximum atomic E-state index is 4.56. The molecule has 2 rings (SSSR count). The number of guanidine groups is 1. The maximum absolute atomic E-state index is 4.56. The third kappa shape index (κ3) is 5.48. The van der Waals surface area contributed by atoms with Gasteiger partial charge in [0, 0.05) is 39.4 Å². The van der Waals surface area contributed by atoms with Crippen LogP contribution < -0.4 is 15.5 Å². The summed E-state index contributed by atoms with van der Waals surface area (Å²) in [6.07, 6.45) is 1.93. The molecule has 2 N–H and O–H groups in total. The first kappa shape index (κ1) is 18.8. The number of pyridine rings is 1. The lowest BCUT2D eigenvalue weighted by molar-refractivity contribution is 0.800. The fourth-order valence-corrected chi connectivity index (χ4v) is 2.65. The van der Waals surface area contributed by atoms with E-state index in [4.69, 9.17) is 0 Å². The van der Waals surface area contributed by atoms with Crippen LogP contribution in [0.2, 0.25) is 0 Å². The van der Waals surface area contributed by atoms with Crippen molar-refractivity contribution >= 4 is 11.8 Å². The molecule has 0 bridgehead atoms. The van der Waals surface area contributed by atoms with Crippen LogP contribution in [0.15, 0.2) is 47.6 Å². The number of nitrogens with zero attached hydrogens (tertiary/aromatic N) is 3. The summed E-state index contributed by atoms with van der Waals surface area (Å²) in [5.41, 5.74) is 3.69. The zero-order chi connectivity index (χ0) is 18.1. The monoisotopic (exact) mass is 339 g/mol. The van der Waals surface area contributed by atoms with E-state index in [1.807, 2.05) is 6.20 Å². The van der Waals surface area contributed by atoms with Gasteiger partial charge in [0.15, 0.2) is 5.96 Å². The Hall–Kier alpha value is -2.56. The molecule has 25 heavy (non-hydrogen) atoms. The normalized spacial score (nSPS) is 11.3. The molecule has 5 heteroatoms. The minimum atomic E-state index is 0.693. The summed E-state index contributed by atoms with van der Waals surface area (Å²) in [5.74, 6) is 1.81. The molecule has 2 aromatic rings. The molecule has 5 nitrogen and oxygen atoms in total. The standard InChI is InChI=1S/C20H29N5/c1-5-25(6-2)19-12-11-17(13-22-19)14-23-20(21-4)24-15-18-10-8-7-9-16(18)3/h7-13H,5-6,14-15H2,1-4H3,(H2,21,23,24). The van der Waals surface area contributed by atoms with Gasteiger partial charge in [-0.1, -0.05) is 30.3 Å². The van der Waals surface area contributed by atoms with E-state index in [1.54, 1.807) is 7.05 Å². The molecular weight excluding hydrogens is 310 g/mol. The van der Waals surface area contributed by atoms with Crippen LogP contribution >= 0.6 is 0 Å². The van der Waals surface area contributed by atoms with Crippen molar-refractivity contribution in [1.29, 1.82) is 0 Å². The van der Waals surface area contributed by atoms with E-state index in [0.717, 1.165) is 37.0 Å². The summed E-state index contributed by atoms with van der Waals surface area (Å²) in [5, 5.41) is 6.69. The maximum Gasteiger partial charge on any atom is 0.191 e. The van der Waals surface area contributed by atoms with E-state index in [9.17, 15) is 0 Å². The van der Waals surface area contributed by atoms with Crippen molar-refractivity contribution in [3.8, 4) is 0 Å². The molecule has 134 valence electrons. The van der Waals surface area contributed by atoms with Crippen LogP contribution in [0, 0.1) is 6.92 Å². The van der Waals surface area contributed by atoms with Crippen LogP contribution in [-0.4, -0.2) is 31.1 Å². The number of hydrogen-bond donors (Lipinski definition) is 2.